The molecule has 10 nitrogen and oxygen atoms in total. The fourth-order valence-corrected chi connectivity index (χ4v) is 7.44. The van der Waals surface area contributed by atoms with Crippen molar-refractivity contribution < 1.29 is 49.6 Å². The van der Waals surface area contributed by atoms with Crippen LogP contribution in [-0.4, -0.2) is 73.9 Å². The number of fused-ring (bicyclic) bond motifs is 5. The van der Waals surface area contributed by atoms with Gasteiger partial charge < -0.3 is 44.8 Å². The summed E-state index contributed by atoms with van der Waals surface area (Å²) in [5, 5.41) is 61.8. The number of aliphatic hydroxyl groups is 6. The smallest absolute Gasteiger partial charge is 0.341 e. The number of esters is 1. The van der Waals surface area contributed by atoms with Crippen LogP contribution in [0.2, 0.25) is 0 Å². The molecule has 0 radical (unpaired) electrons. The molecule has 2 aliphatic carbocycles. The van der Waals surface area contributed by atoms with Crippen LogP contribution in [0.4, 0.5) is 0 Å². The van der Waals surface area contributed by atoms with Gasteiger partial charge in [0.2, 0.25) is 12.6 Å². The van der Waals surface area contributed by atoms with Crippen LogP contribution in [0, 0.1) is 11.3 Å². The third kappa shape index (κ3) is 3.61. The summed E-state index contributed by atoms with van der Waals surface area (Å²) in [6.45, 7) is 5.41. The Balaban J connectivity index is 1.70. The zero-order valence-electron chi connectivity index (χ0n) is 20.8. The highest BCUT2D eigenvalue weighted by Crippen LogP contribution is 2.61. The second-order valence-corrected chi connectivity index (χ2v) is 11.5. The predicted molar refractivity (Wildman–Crippen MR) is 124 cm³/mol. The SMILES string of the molecule is CC1(C)CCC[C@]2(C)c3c(c(O[C@@H]4O[C@H](CO)[C@@H](O)[C@H](O)[C@H]4O)c(CO)c4c3[C@@H](O)OC4=O)CCC12. The Hall–Kier alpha value is -1.79. The molecule has 2 heterocycles. The van der Waals surface area contributed by atoms with Gasteiger partial charge in [0.25, 0.3) is 0 Å². The quantitative estimate of drug-likeness (QED) is 0.316. The molecule has 1 saturated heterocycles. The maximum Gasteiger partial charge on any atom is 0.341 e. The van der Waals surface area contributed by atoms with Gasteiger partial charge in [0.15, 0.2) is 0 Å². The molecular weight excluding hydrogens is 472 g/mol. The molecule has 0 bridgehead atoms. The number of hydrogen-bond donors (Lipinski definition) is 6. The number of cyclic esters (lactones) is 1. The zero-order chi connectivity index (χ0) is 26.2. The van der Waals surface area contributed by atoms with Crippen LogP contribution in [-0.2, 0) is 27.9 Å². The summed E-state index contributed by atoms with van der Waals surface area (Å²) in [6, 6.07) is 0. The lowest BCUT2D eigenvalue weighted by molar-refractivity contribution is -0.277. The van der Waals surface area contributed by atoms with E-state index < -0.39 is 61.6 Å². The number of benzene rings is 1. The molecule has 200 valence electrons. The maximum atomic E-state index is 12.9. The highest BCUT2D eigenvalue weighted by Gasteiger charge is 2.55. The number of rotatable bonds is 4. The molecule has 8 atom stereocenters. The number of ether oxygens (including phenoxy) is 3. The van der Waals surface area contributed by atoms with Crippen molar-refractivity contribution in [3.8, 4) is 5.75 Å². The summed E-state index contributed by atoms with van der Waals surface area (Å²) in [6.07, 6.45) is -4.77. The minimum absolute atomic E-state index is 0.0277. The van der Waals surface area contributed by atoms with Crippen LogP contribution in [0.1, 0.15) is 85.4 Å². The third-order valence-electron chi connectivity index (χ3n) is 9.08. The standard InChI is InChI=1S/C26H36O10/c1-25(2)7-4-8-26(3)14(25)6-5-11-17(26)16-15(22(32)36-23(16)33)12(9-27)21(11)35-24-20(31)19(30)18(29)13(10-28)34-24/h13-14,18-20,23-24,27-31,33H,4-10H2,1-3H3/t13-,14?,18-,19+,20-,23+,24+,26+/m1/s1. The number of aliphatic hydroxyl groups excluding tert-OH is 6. The van der Waals surface area contributed by atoms with E-state index in [2.05, 4.69) is 20.8 Å². The third-order valence-corrected chi connectivity index (χ3v) is 9.08. The first kappa shape index (κ1) is 25.8. The first-order valence-corrected chi connectivity index (χ1v) is 12.7. The summed E-state index contributed by atoms with van der Waals surface area (Å²) >= 11 is 0. The van der Waals surface area contributed by atoms with Gasteiger partial charge >= 0.3 is 5.97 Å². The van der Waals surface area contributed by atoms with E-state index in [4.69, 9.17) is 14.2 Å². The highest BCUT2D eigenvalue weighted by atomic mass is 16.7. The monoisotopic (exact) mass is 508 g/mol. The molecule has 1 aromatic carbocycles. The average Bonchev–Trinajstić information content (AvgIpc) is 3.11. The van der Waals surface area contributed by atoms with Gasteiger partial charge in [0.1, 0.15) is 30.2 Å². The van der Waals surface area contributed by atoms with E-state index >= 15 is 0 Å². The molecule has 1 saturated carbocycles. The molecule has 5 rings (SSSR count). The summed E-state index contributed by atoms with van der Waals surface area (Å²) in [5.41, 5.74) is 1.62. The van der Waals surface area contributed by atoms with Gasteiger partial charge in [-0.15, -0.1) is 0 Å². The molecular formula is C26H36O10. The number of hydrogen-bond acceptors (Lipinski definition) is 10. The molecule has 1 unspecified atom stereocenters. The zero-order valence-corrected chi connectivity index (χ0v) is 20.8. The Bertz CT molecular complexity index is 1050. The lowest BCUT2D eigenvalue weighted by atomic mass is 9.49. The first-order chi connectivity index (χ1) is 17.0. The highest BCUT2D eigenvalue weighted by molar-refractivity contribution is 5.97. The van der Waals surface area contributed by atoms with Gasteiger partial charge in [-0.2, -0.15) is 0 Å². The Morgan fingerprint density at radius 1 is 1.03 bits per heavy atom. The second-order valence-electron chi connectivity index (χ2n) is 11.5. The molecule has 6 N–H and O–H groups in total. The van der Waals surface area contributed by atoms with Crippen molar-refractivity contribution >= 4 is 5.97 Å². The largest absolute Gasteiger partial charge is 0.461 e. The van der Waals surface area contributed by atoms with Crippen molar-refractivity contribution in [2.24, 2.45) is 11.3 Å². The minimum atomic E-state index is -1.66. The van der Waals surface area contributed by atoms with E-state index in [1.54, 1.807) is 0 Å². The summed E-state index contributed by atoms with van der Waals surface area (Å²) in [7, 11) is 0. The van der Waals surface area contributed by atoms with E-state index in [9.17, 15) is 35.4 Å². The molecule has 1 aromatic rings. The summed E-state index contributed by atoms with van der Waals surface area (Å²) in [4.78, 5) is 12.9. The van der Waals surface area contributed by atoms with Gasteiger partial charge in [-0.05, 0) is 53.6 Å². The van der Waals surface area contributed by atoms with Gasteiger partial charge in [0, 0.05) is 11.1 Å². The van der Waals surface area contributed by atoms with Gasteiger partial charge in [-0.25, -0.2) is 4.79 Å². The predicted octanol–water partition coefficient (Wildman–Crippen LogP) is 0.549. The molecule has 2 aliphatic heterocycles. The normalized spacial score (nSPS) is 39.1. The second kappa shape index (κ2) is 8.90. The van der Waals surface area contributed by atoms with Crippen LogP contribution in [0.25, 0.3) is 0 Å². The average molecular weight is 509 g/mol. The maximum absolute atomic E-state index is 12.9. The minimum Gasteiger partial charge on any atom is -0.461 e. The van der Waals surface area contributed by atoms with Crippen molar-refractivity contribution in [2.75, 3.05) is 6.61 Å². The van der Waals surface area contributed by atoms with E-state index in [-0.39, 0.29) is 28.2 Å². The van der Waals surface area contributed by atoms with Crippen molar-refractivity contribution in [1.29, 1.82) is 0 Å². The molecule has 36 heavy (non-hydrogen) atoms. The number of carbonyl (C=O) groups is 1. The molecule has 0 aromatic heterocycles. The van der Waals surface area contributed by atoms with Crippen molar-refractivity contribution in [3.63, 3.8) is 0 Å². The molecule has 2 fully saturated rings. The lowest BCUT2D eigenvalue weighted by Gasteiger charge is -2.55. The van der Waals surface area contributed by atoms with Crippen LogP contribution >= 0.6 is 0 Å². The van der Waals surface area contributed by atoms with Crippen LogP contribution in [0.5, 0.6) is 5.75 Å². The summed E-state index contributed by atoms with van der Waals surface area (Å²) in [5.74, 6) is -0.369. The van der Waals surface area contributed by atoms with E-state index in [1.807, 2.05) is 0 Å². The van der Waals surface area contributed by atoms with Crippen molar-refractivity contribution in [3.05, 3.63) is 27.8 Å². The molecule has 4 aliphatic rings. The van der Waals surface area contributed by atoms with Crippen LogP contribution in [0.15, 0.2) is 0 Å². The number of carbonyl (C=O) groups excluding carboxylic acids is 1. The molecule has 0 amide bonds. The summed E-state index contributed by atoms with van der Waals surface area (Å²) < 4.78 is 16.9. The van der Waals surface area contributed by atoms with E-state index in [0.29, 0.717) is 17.5 Å². The van der Waals surface area contributed by atoms with Gasteiger partial charge in [-0.1, -0.05) is 27.2 Å². The van der Waals surface area contributed by atoms with Crippen molar-refractivity contribution in [2.45, 2.75) is 102 Å². The van der Waals surface area contributed by atoms with Gasteiger partial charge in [0.05, 0.1) is 18.8 Å². The Morgan fingerprint density at radius 3 is 2.42 bits per heavy atom. The van der Waals surface area contributed by atoms with Gasteiger partial charge in [-0.3, -0.25) is 0 Å². The fourth-order valence-electron chi connectivity index (χ4n) is 7.44. The van der Waals surface area contributed by atoms with E-state index in [0.717, 1.165) is 31.2 Å². The van der Waals surface area contributed by atoms with Crippen LogP contribution in [0.3, 0.4) is 0 Å². The Kier molecular flexibility index (Phi) is 6.39. The van der Waals surface area contributed by atoms with Crippen molar-refractivity contribution in [1.82, 2.24) is 0 Å². The van der Waals surface area contributed by atoms with Crippen LogP contribution < -0.4 is 4.74 Å². The van der Waals surface area contributed by atoms with E-state index in [1.165, 1.54) is 0 Å². The topological polar surface area (TPSA) is 166 Å². The Labute approximate surface area is 209 Å². The Morgan fingerprint density at radius 2 is 1.75 bits per heavy atom. The molecule has 10 heteroatoms. The molecule has 0 spiro atoms. The fraction of sp³-hybridized carbons (Fsp3) is 0.731. The first-order valence-electron chi connectivity index (χ1n) is 12.7. The lowest BCUT2D eigenvalue weighted by Crippen LogP contribution is -2.60.